The summed E-state index contributed by atoms with van der Waals surface area (Å²) in [6.07, 6.45) is -0.572. The van der Waals surface area contributed by atoms with Gasteiger partial charge in [0.25, 0.3) is 5.91 Å². The van der Waals surface area contributed by atoms with Crippen molar-refractivity contribution in [3.05, 3.63) is 23.8 Å². The molecule has 104 valence electrons. The van der Waals surface area contributed by atoms with E-state index in [1.807, 2.05) is 13.8 Å². The van der Waals surface area contributed by atoms with Crippen LogP contribution >= 0.6 is 0 Å². The van der Waals surface area contributed by atoms with E-state index in [0.717, 1.165) is 5.56 Å². The molecule has 1 aliphatic rings. The fourth-order valence-electron chi connectivity index (χ4n) is 1.80. The van der Waals surface area contributed by atoms with Gasteiger partial charge in [-0.1, -0.05) is 0 Å². The predicted molar refractivity (Wildman–Crippen MR) is 70.3 cm³/mol. The summed E-state index contributed by atoms with van der Waals surface area (Å²) in [5.41, 5.74) is 0.762. The van der Waals surface area contributed by atoms with Gasteiger partial charge >= 0.3 is 0 Å². The Kier molecular flexibility index (Phi) is 3.95. The highest BCUT2D eigenvalue weighted by atomic mass is 16.5. The summed E-state index contributed by atoms with van der Waals surface area (Å²) in [6.45, 7) is 4.16. The zero-order chi connectivity index (χ0) is 14.0. The predicted octanol–water partition coefficient (Wildman–Crippen LogP) is 1.36. The van der Waals surface area contributed by atoms with Crippen LogP contribution in [0.25, 0.3) is 0 Å². The monoisotopic (exact) mass is 265 g/mol. The fourth-order valence-corrected chi connectivity index (χ4v) is 1.80. The van der Waals surface area contributed by atoms with Gasteiger partial charge in [0.1, 0.15) is 24.2 Å². The molecule has 1 aromatic carbocycles. The molecular formula is C14H19NO4. The van der Waals surface area contributed by atoms with E-state index in [2.05, 4.69) is 0 Å². The Morgan fingerprint density at radius 3 is 3.00 bits per heavy atom. The number of aliphatic hydroxyl groups excluding tert-OH is 1. The molecule has 1 N–H and O–H groups in total. The maximum Gasteiger partial charge on any atom is 0.260 e. The smallest absolute Gasteiger partial charge is 0.260 e. The number of fused-ring (bicyclic) bond motifs is 1. The van der Waals surface area contributed by atoms with E-state index in [0.29, 0.717) is 11.5 Å². The number of benzene rings is 1. The first-order valence-electron chi connectivity index (χ1n) is 6.32. The number of amides is 1. The minimum Gasteiger partial charge on any atom is -0.490 e. The van der Waals surface area contributed by atoms with Crippen molar-refractivity contribution >= 4 is 5.91 Å². The van der Waals surface area contributed by atoms with Gasteiger partial charge in [0, 0.05) is 24.7 Å². The van der Waals surface area contributed by atoms with Gasteiger partial charge in [0.15, 0.2) is 6.61 Å². The molecule has 0 saturated carbocycles. The van der Waals surface area contributed by atoms with E-state index in [9.17, 15) is 9.90 Å². The van der Waals surface area contributed by atoms with Crippen LogP contribution < -0.4 is 9.47 Å². The molecule has 0 aliphatic carbocycles. The molecule has 0 aromatic heterocycles. The standard InChI is InChI=1S/C14H19NO4/c1-9(2)15(3)14(17)8-18-10-4-5-11-12(16)7-19-13(11)6-10/h4-6,9,12,16H,7-8H2,1-3H3. The average molecular weight is 265 g/mol. The van der Waals surface area contributed by atoms with Gasteiger partial charge in [-0.05, 0) is 26.0 Å². The van der Waals surface area contributed by atoms with Gasteiger partial charge in [-0.15, -0.1) is 0 Å². The van der Waals surface area contributed by atoms with E-state index in [1.54, 1.807) is 30.1 Å². The average Bonchev–Trinajstić information content (AvgIpc) is 2.76. The Balaban J connectivity index is 1.96. The van der Waals surface area contributed by atoms with E-state index in [4.69, 9.17) is 9.47 Å². The van der Waals surface area contributed by atoms with Crippen LogP contribution in [0.5, 0.6) is 11.5 Å². The van der Waals surface area contributed by atoms with E-state index < -0.39 is 6.10 Å². The van der Waals surface area contributed by atoms with Gasteiger partial charge < -0.3 is 19.5 Å². The number of aliphatic hydroxyl groups is 1. The van der Waals surface area contributed by atoms with Crippen LogP contribution in [0.2, 0.25) is 0 Å². The molecular weight excluding hydrogens is 246 g/mol. The molecule has 0 fully saturated rings. The number of ether oxygens (including phenoxy) is 2. The zero-order valence-electron chi connectivity index (χ0n) is 11.4. The van der Waals surface area contributed by atoms with Crippen molar-refractivity contribution in [3.8, 4) is 11.5 Å². The Morgan fingerprint density at radius 1 is 1.58 bits per heavy atom. The maximum absolute atomic E-state index is 11.8. The minimum atomic E-state index is -0.572. The molecule has 1 aromatic rings. The summed E-state index contributed by atoms with van der Waals surface area (Å²) in [7, 11) is 1.75. The summed E-state index contributed by atoms with van der Waals surface area (Å²) in [5, 5.41) is 9.60. The maximum atomic E-state index is 11.8. The number of carbonyl (C=O) groups excluding carboxylic acids is 1. The second-order valence-electron chi connectivity index (χ2n) is 4.91. The third kappa shape index (κ3) is 2.98. The highest BCUT2D eigenvalue weighted by molar-refractivity contribution is 5.77. The molecule has 1 amide bonds. The number of likely N-dealkylation sites (N-methyl/N-ethyl adjacent to an activating group) is 1. The third-order valence-electron chi connectivity index (χ3n) is 3.27. The summed E-state index contributed by atoms with van der Waals surface area (Å²) in [5.74, 6) is 1.12. The van der Waals surface area contributed by atoms with Crippen LogP contribution in [-0.4, -0.2) is 42.2 Å². The quantitative estimate of drug-likeness (QED) is 0.893. The Labute approximate surface area is 112 Å². The molecule has 5 nitrogen and oxygen atoms in total. The zero-order valence-corrected chi connectivity index (χ0v) is 11.4. The number of carbonyl (C=O) groups is 1. The van der Waals surface area contributed by atoms with Gasteiger partial charge in [0.05, 0.1) is 0 Å². The first kappa shape index (κ1) is 13.7. The first-order valence-corrected chi connectivity index (χ1v) is 6.32. The molecule has 0 bridgehead atoms. The molecule has 1 atom stereocenters. The normalized spacial score (nSPS) is 17.0. The van der Waals surface area contributed by atoms with Crippen molar-refractivity contribution in [1.82, 2.24) is 4.90 Å². The summed E-state index contributed by atoms with van der Waals surface area (Å²) in [6, 6.07) is 5.35. The lowest BCUT2D eigenvalue weighted by Crippen LogP contribution is -2.36. The fraction of sp³-hybridized carbons (Fsp3) is 0.500. The van der Waals surface area contributed by atoms with Crippen LogP contribution in [0.15, 0.2) is 18.2 Å². The van der Waals surface area contributed by atoms with Crippen molar-refractivity contribution in [1.29, 1.82) is 0 Å². The third-order valence-corrected chi connectivity index (χ3v) is 3.27. The molecule has 19 heavy (non-hydrogen) atoms. The minimum absolute atomic E-state index is 0.00395. The van der Waals surface area contributed by atoms with Crippen molar-refractivity contribution < 1.29 is 19.4 Å². The lowest BCUT2D eigenvalue weighted by atomic mass is 10.1. The second kappa shape index (κ2) is 5.48. The second-order valence-corrected chi connectivity index (χ2v) is 4.91. The SMILES string of the molecule is CC(C)N(C)C(=O)COc1ccc2c(c1)OCC2O. The van der Waals surface area contributed by atoms with Crippen LogP contribution in [0.4, 0.5) is 0 Å². The molecule has 0 radical (unpaired) electrons. The van der Waals surface area contributed by atoms with Crippen LogP contribution in [0.1, 0.15) is 25.5 Å². The Bertz CT molecular complexity index is 473. The van der Waals surface area contributed by atoms with Crippen molar-refractivity contribution in [2.45, 2.75) is 26.0 Å². The van der Waals surface area contributed by atoms with Gasteiger partial charge in [-0.2, -0.15) is 0 Å². The van der Waals surface area contributed by atoms with Crippen molar-refractivity contribution in [2.75, 3.05) is 20.3 Å². The van der Waals surface area contributed by atoms with Crippen LogP contribution in [-0.2, 0) is 4.79 Å². The molecule has 1 aliphatic heterocycles. The first-order chi connectivity index (χ1) is 8.99. The number of nitrogens with zero attached hydrogens (tertiary/aromatic N) is 1. The topological polar surface area (TPSA) is 59.0 Å². The number of hydrogen-bond acceptors (Lipinski definition) is 4. The highest BCUT2D eigenvalue weighted by Gasteiger charge is 2.22. The molecule has 0 spiro atoms. The summed E-state index contributed by atoms with van der Waals surface area (Å²) >= 11 is 0. The Hall–Kier alpha value is -1.75. The van der Waals surface area contributed by atoms with E-state index in [-0.39, 0.29) is 25.2 Å². The molecule has 1 heterocycles. The highest BCUT2D eigenvalue weighted by Crippen LogP contribution is 2.34. The largest absolute Gasteiger partial charge is 0.490 e. The van der Waals surface area contributed by atoms with Crippen molar-refractivity contribution in [3.63, 3.8) is 0 Å². The van der Waals surface area contributed by atoms with Crippen LogP contribution in [0, 0.1) is 0 Å². The number of rotatable bonds is 4. The molecule has 1 unspecified atom stereocenters. The Morgan fingerprint density at radius 2 is 2.32 bits per heavy atom. The number of hydrogen-bond donors (Lipinski definition) is 1. The van der Waals surface area contributed by atoms with Gasteiger partial charge in [-0.25, -0.2) is 0 Å². The molecule has 5 heteroatoms. The van der Waals surface area contributed by atoms with Gasteiger partial charge in [0.2, 0.25) is 0 Å². The van der Waals surface area contributed by atoms with E-state index >= 15 is 0 Å². The van der Waals surface area contributed by atoms with E-state index in [1.165, 1.54) is 0 Å². The van der Waals surface area contributed by atoms with Crippen LogP contribution in [0.3, 0.4) is 0 Å². The lowest BCUT2D eigenvalue weighted by Gasteiger charge is -2.21. The lowest BCUT2D eigenvalue weighted by molar-refractivity contribution is -0.133. The molecule has 2 rings (SSSR count). The molecule has 0 saturated heterocycles. The van der Waals surface area contributed by atoms with Crippen molar-refractivity contribution in [2.24, 2.45) is 0 Å². The summed E-state index contributed by atoms with van der Waals surface area (Å²) in [4.78, 5) is 13.4. The van der Waals surface area contributed by atoms with Gasteiger partial charge in [-0.3, -0.25) is 4.79 Å². The summed E-state index contributed by atoms with van der Waals surface area (Å²) < 4.78 is 10.8.